The highest BCUT2D eigenvalue weighted by molar-refractivity contribution is 6.30. The molecule has 5 nitrogen and oxygen atoms in total. The van der Waals surface area contributed by atoms with Gasteiger partial charge in [-0.2, -0.15) is 0 Å². The lowest BCUT2D eigenvalue weighted by atomic mass is 10.0. The van der Waals surface area contributed by atoms with Crippen LogP contribution in [0.4, 0.5) is 0 Å². The van der Waals surface area contributed by atoms with Crippen LogP contribution in [0.15, 0.2) is 66.7 Å². The molecule has 0 heterocycles. The van der Waals surface area contributed by atoms with Crippen molar-refractivity contribution in [1.29, 1.82) is 0 Å². The third kappa shape index (κ3) is 8.09. The Morgan fingerprint density at radius 1 is 0.973 bits per heavy atom. The quantitative estimate of drug-likeness (QED) is 0.327. The molecule has 3 aromatic carbocycles. The number of hydrogen-bond acceptors (Lipinski definition) is 3. The number of ether oxygens (including phenoxy) is 1. The van der Waals surface area contributed by atoms with Crippen LogP contribution in [0.2, 0.25) is 5.02 Å². The van der Waals surface area contributed by atoms with E-state index in [0.29, 0.717) is 17.2 Å². The molecule has 2 atom stereocenters. The molecule has 1 N–H and O–H groups in total. The standard InChI is InChI=1S/C31H37ClN2O3/c1-6-23(4)33-31(36)28(18-25-10-8-7-9-11-25)34(19-26-12-14-27(32)15-13-26)30(35)20-37-29-17-21(2)16-22(3)24(29)5/h7-17,23,28H,6,18-20H2,1-5H3,(H,33,36)/t23-,28-/m0/s1. The molecule has 0 aromatic heterocycles. The molecule has 2 amide bonds. The van der Waals surface area contributed by atoms with Crippen LogP contribution in [-0.4, -0.2) is 35.4 Å². The highest BCUT2D eigenvalue weighted by atomic mass is 35.5. The van der Waals surface area contributed by atoms with Crippen LogP contribution >= 0.6 is 11.6 Å². The molecule has 0 bridgehead atoms. The molecule has 0 unspecified atom stereocenters. The molecule has 0 spiro atoms. The van der Waals surface area contributed by atoms with Crippen molar-refractivity contribution in [3.8, 4) is 5.75 Å². The number of halogens is 1. The molecule has 196 valence electrons. The van der Waals surface area contributed by atoms with Crippen molar-refractivity contribution >= 4 is 23.4 Å². The van der Waals surface area contributed by atoms with Crippen LogP contribution in [-0.2, 0) is 22.6 Å². The number of hydrogen-bond donors (Lipinski definition) is 1. The highest BCUT2D eigenvalue weighted by Crippen LogP contribution is 2.24. The molecular formula is C31H37ClN2O3. The van der Waals surface area contributed by atoms with Crippen LogP contribution in [0.3, 0.4) is 0 Å². The number of carbonyl (C=O) groups excluding carboxylic acids is 2. The lowest BCUT2D eigenvalue weighted by molar-refractivity contribution is -0.143. The molecule has 0 aliphatic carbocycles. The zero-order valence-corrected chi connectivity index (χ0v) is 23.1. The minimum absolute atomic E-state index is 0.00701. The van der Waals surface area contributed by atoms with Gasteiger partial charge in [0, 0.05) is 24.0 Å². The second-order valence-electron chi connectivity index (χ2n) is 9.67. The summed E-state index contributed by atoms with van der Waals surface area (Å²) in [5.41, 5.74) is 5.04. The van der Waals surface area contributed by atoms with E-state index in [1.165, 1.54) is 0 Å². The summed E-state index contributed by atoms with van der Waals surface area (Å²) in [6.07, 6.45) is 1.19. The molecule has 37 heavy (non-hydrogen) atoms. The first-order valence-electron chi connectivity index (χ1n) is 12.8. The second kappa shape index (κ2) is 13.3. The van der Waals surface area contributed by atoms with E-state index in [4.69, 9.17) is 16.3 Å². The summed E-state index contributed by atoms with van der Waals surface area (Å²) in [7, 11) is 0. The number of benzene rings is 3. The Kier molecular flexibility index (Phi) is 10.2. The summed E-state index contributed by atoms with van der Waals surface area (Å²) in [6, 6.07) is 20.4. The third-order valence-corrected chi connectivity index (χ3v) is 6.91. The van der Waals surface area contributed by atoms with Gasteiger partial charge in [-0.05, 0) is 80.1 Å². The Morgan fingerprint density at radius 2 is 1.65 bits per heavy atom. The molecule has 0 saturated carbocycles. The van der Waals surface area contributed by atoms with Gasteiger partial charge in [-0.25, -0.2) is 0 Å². The average Bonchev–Trinajstić information content (AvgIpc) is 2.88. The molecule has 0 radical (unpaired) electrons. The number of carbonyl (C=O) groups is 2. The normalized spacial score (nSPS) is 12.5. The van der Waals surface area contributed by atoms with Gasteiger partial charge in [0.25, 0.3) is 5.91 Å². The number of amides is 2. The molecule has 0 saturated heterocycles. The maximum Gasteiger partial charge on any atom is 0.261 e. The van der Waals surface area contributed by atoms with Gasteiger partial charge in [-0.3, -0.25) is 9.59 Å². The minimum atomic E-state index is -0.705. The zero-order chi connectivity index (χ0) is 26.9. The summed E-state index contributed by atoms with van der Waals surface area (Å²) in [6.45, 7) is 10.1. The fourth-order valence-electron chi connectivity index (χ4n) is 4.15. The van der Waals surface area contributed by atoms with E-state index < -0.39 is 6.04 Å². The summed E-state index contributed by atoms with van der Waals surface area (Å²) in [5.74, 6) is 0.248. The van der Waals surface area contributed by atoms with Gasteiger partial charge >= 0.3 is 0 Å². The fourth-order valence-corrected chi connectivity index (χ4v) is 4.28. The van der Waals surface area contributed by atoms with Gasteiger partial charge in [0.2, 0.25) is 5.91 Å². The first-order chi connectivity index (χ1) is 17.7. The van der Waals surface area contributed by atoms with Crippen molar-refractivity contribution in [1.82, 2.24) is 10.2 Å². The van der Waals surface area contributed by atoms with Crippen molar-refractivity contribution in [2.45, 2.75) is 66.1 Å². The Labute approximate surface area is 225 Å². The van der Waals surface area contributed by atoms with Gasteiger partial charge in [0.05, 0.1) is 0 Å². The highest BCUT2D eigenvalue weighted by Gasteiger charge is 2.31. The van der Waals surface area contributed by atoms with Crippen LogP contribution < -0.4 is 10.1 Å². The third-order valence-electron chi connectivity index (χ3n) is 6.65. The molecular weight excluding hydrogens is 484 g/mol. The molecule has 3 aromatic rings. The van der Waals surface area contributed by atoms with E-state index in [2.05, 4.69) is 11.4 Å². The van der Waals surface area contributed by atoms with E-state index in [1.807, 2.05) is 83.1 Å². The smallest absolute Gasteiger partial charge is 0.261 e. The Bertz CT molecular complexity index is 1200. The largest absolute Gasteiger partial charge is 0.483 e. The number of nitrogens with zero attached hydrogens (tertiary/aromatic N) is 1. The predicted molar refractivity (Wildman–Crippen MR) is 150 cm³/mol. The second-order valence-corrected chi connectivity index (χ2v) is 10.1. The van der Waals surface area contributed by atoms with Gasteiger partial charge in [0.15, 0.2) is 6.61 Å². The maximum absolute atomic E-state index is 13.8. The first kappa shape index (κ1) is 28.3. The number of rotatable bonds is 11. The maximum atomic E-state index is 13.8. The Morgan fingerprint density at radius 3 is 2.30 bits per heavy atom. The van der Waals surface area contributed by atoms with E-state index >= 15 is 0 Å². The molecule has 3 rings (SSSR count). The van der Waals surface area contributed by atoms with Gasteiger partial charge < -0.3 is 15.0 Å². The predicted octanol–water partition coefficient (Wildman–Crippen LogP) is 6.20. The zero-order valence-electron chi connectivity index (χ0n) is 22.4. The SMILES string of the molecule is CC[C@H](C)NC(=O)[C@H](Cc1ccccc1)N(Cc1ccc(Cl)cc1)C(=O)COc1cc(C)cc(C)c1C. The summed E-state index contributed by atoms with van der Waals surface area (Å²) >= 11 is 6.10. The Balaban J connectivity index is 1.94. The molecule has 0 fully saturated rings. The van der Waals surface area contributed by atoms with E-state index in [0.717, 1.165) is 34.2 Å². The summed E-state index contributed by atoms with van der Waals surface area (Å²) in [5, 5.41) is 3.70. The average molecular weight is 521 g/mol. The first-order valence-corrected chi connectivity index (χ1v) is 13.1. The lowest BCUT2D eigenvalue weighted by Crippen LogP contribution is -2.53. The van der Waals surface area contributed by atoms with Crippen LogP contribution in [0.5, 0.6) is 5.75 Å². The monoisotopic (exact) mass is 520 g/mol. The number of nitrogens with one attached hydrogen (secondary N) is 1. The van der Waals surface area contributed by atoms with Crippen LogP contribution in [0.1, 0.15) is 48.1 Å². The van der Waals surface area contributed by atoms with Gasteiger partial charge in [0.1, 0.15) is 11.8 Å². The van der Waals surface area contributed by atoms with E-state index in [-0.39, 0.29) is 31.0 Å². The van der Waals surface area contributed by atoms with E-state index in [9.17, 15) is 9.59 Å². The van der Waals surface area contributed by atoms with Crippen molar-refractivity contribution in [3.05, 3.63) is 99.6 Å². The van der Waals surface area contributed by atoms with Crippen molar-refractivity contribution in [3.63, 3.8) is 0 Å². The van der Waals surface area contributed by atoms with Crippen LogP contribution in [0, 0.1) is 20.8 Å². The summed E-state index contributed by atoms with van der Waals surface area (Å²) in [4.78, 5) is 28.9. The lowest BCUT2D eigenvalue weighted by Gasteiger charge is -2.32. The summed E-state index contributed by atoms with van der Waals surface area (Å²) < 4.78 is 6.04. The van der Waals surface area contributed by atoms with Crippen molar-refractivity contribution in [2.24, 2.45) is 0 Å². The van der Waals surface area contributed by atoms with E-state index in [1.54, 1.807) is 17.0 Å². The molecule has 6 heteroatoms. The molecule has 0 aliphatic heterocycles. The Hall–Kier alpha value is -3.31. The van der Waals surface area contributed by atoms with Gasteiger partial charge in [-0.15, -0.1) is 0 Å². The van der Waals surface area contributed by atoms with Crippen molar-refractivity contribution in [2.75, 3.05) is 6.61 Å². The fraction of sp³-hybridized carbons (Fsp3) is 0.355. The van der Waals surface area contributed by atoms with Gasteiger partial charge in [-0.1, -0.05) is 67.1 Å². The topological polar surface area (TPSA) is 58.6 Å². The minimum Gasteiger partial charge on any atom is -0.483 e. The van der Waals surface area contributed by atoms with Crippen molar-refractivity contribution < 1.29 is 14.3 Å². The number of aryl methyl sites for hydroxylation is 2. The van der Waals surface area contributed by atoms with Crippen LogP contribution in [0.25, 0.3) is 0 Å². The molecule has 0 aliphatic rings.